The summed E-state index contributed by atoms with van der Waals surface area (Å²) in [5.41, 5.74) is 3.83. The van der Waals surface area contributed by atoms with Gasteiger partial charge >= 0.3 is 0 Å². The van der Waals surface area contributed by atoms with Crippen molar-refractivity contribution in [1.82, 2.24) is 20.1 Å². The van der Waals surface area contributed by atoms with Gasteiger partial charge in [-0.05, 0) is 59.2 Å². The Labute approximate surface area is 272 Å². The van der Waals surface area contributed by atoms with Crippen molar-refractivity contribution in [2.75, 3.05) is 39.5 Å². The van der Waals surface area contributed by atoms with Crippen LogP contribution in [0.4, 0.5) is 5.69 Å². The molecule has 45 heavy (non-hydrogen) atoms. The van der Waals surface area contributed by atoms with E-state index in [9.17, 15) is 4.79 Å². The minimum Gasteiger partial charge on any atom is -0.454 e. The molecule has 9 nitrogen and oxygen atoms in total. The number of hydrogen-bond donors (Lipinski definition) is 1. The average molecular weight is 647 g/mol. The predicted molar refractivity (Wildman–Crippen MR) is 175 cm³/mol. The summed E-state index contributed by atoms with van der Waals surface area (Å²) in [4.78, 5) is 25.9. The lowest BCUT2D eigenvalue weighted by Gasteiger charge is -2.34. The van der Waals surface area contributed by atoms with Crippen molar-refractivity contribution in [2.24, 2.45) is 4.99 Å². The third-order valence-electron chi connectivity index (χ3n) is 7.59. The second kappa shape index (κ2) is 14.8. The van der Waals surface area contributed by atoms with Crippen LogP contribution in [0, 0.1) is 0 Å². The predicted octanol–water partition coefficient (Wildman–Crippen LogP) is 6.48. The number of fused-ring (bicyclic) bond motifs is 1. The Kier molecular flexibility index (Phi) is 10.1. The molecule has 0 spiro atoms. The molecule has 2 aliphatic heterocycles. The molecule has 0 atom stereocenters. The van der Waals surface area contributed by atoms with Gasteiger partial charge in [-0.2, -0.15) is 0 Å². The van der Waals surface area contributed by atoms with Crippen LogP contribution in [0.2, 0.25) is 10.0 Å². The maximum atomic E-state index is 12.8. The lowest BCUT2D eigenvalue weighted by atomic mass is 10.1. The van der Waals surface area contributed by atoms with E-state index in [-0.39, 0.29) is 12.7 Å². The molecule has 11 heteroatoms. The normalized spacial score (nSPS) is 14.7. The highest BCUT2D eigenvalue weighted by molar-refractivity contribution is 6.42. The van der Waals surface area contributed by atoms with E-state index in [1.807, 2.05) is 53.4 Å². The Bertz CT molecular complexity index is 1640. The maximum absolute atomic E-state index is 12.8. The van der Waals surface area contributed by atoms with Crippen LogP contribution in [0.1, 0.15) is 23.1 Å². The summed E-state index contributed by atoms with van der Waals surface area (Å²) in [5, 5.41) is 4.36. The van der Waals surface area contributed by atoms with Gasteiger partial charge in [0, 0.05) is 64.5 Å². The van der Waals surface area contributed by atoms with E-state index in [2.05, 4.69) is 26.3 Å². The van der Waals surface area contributed by atoms with Crippen LogP contribution in [0.5, 0.6) is 23.1 Å². The van der Waals surface area contributed by atoms with E-state index < -0.39 is 0 Å². The van der Waals surface area contributed by atoms with Crippen LogP contribution >= 0.6 is 23.2 Å². The molecule has 1 aromatic heterocycles. The summed E-state index contributed by atoms with van der Waals surface area (Å²) in [6.45, 7) is 5.61. The van der Waals surface area contributed by atoms with E-state index in [0.29, 0.717) is 46.9 Å². The van der Waals surface area contributed by atoms with Crippen LogP contribution in [-0.4, -0.2) is 66.4 Å². The summed E-state index contributed by atoms with van der Waals surface area (Å²) < 4.78 is 16.8. The maximum Gasteiger partial charge on any atom is 0.231 e. The first-order chi connectivity index (χ1) is 22.0. The van der Waals surface area contributed by atoms with Crippen LogP contribution in [-0.2, 0) is 17.9 Å². The highest BCUT2D eigenvalue weighted by atomic mass is 35.5. The summed E-state index contributed by atoms with van der Waals surface area (Å²) in [6.07, 6.45) is 3.82. The van der Waals surface area contributed by atoms with E-state index in [1.165, 1.54) is 5.56 Å². The zero-order valence-electron chi connectivity index (χ0n) is 24.6. The molecule has 2 aliphatic rings. The molecular weight excluding hydrogens is 613 g/mol. The fourth-order valence-corrected chi connectivity index (χ4v) is 5.39. The summed E-state index contributed by atoms with van der Waals surface area (Å²) in [5.74, 6) is 2.96. The lowest BCUT2D eigenvalue weighted by molar-refractivity contribution is -0.132. The number of amides is 1. The molecule has 1 amide bonds. The number of nitrogens with zero attached hydrogens (tertiary/aromatic N) is 4. The van der Waals surface area contributed by atoms with Crippen molar-refractivity contribution in [1.29, 1.82) is 0 Å². The molecule has 0 bridgehead atoms. The van der Waals surface area contributed by atoms with Gasteiger partial charge in [-0.25, -0.2) is 4.98 Å². The fourth-order valence-electron chi connectivity index (χ4n) is 5.09. The third-order valence-corrected chi connectivity index (χ3v) is 8.32. The number of benzene rings is 3. The SMILES string of the molecule is O=C(CCNCc1ccc(Oc2ccc(N=Cc3ccc(Cl)c(Cl)c3)cn2)cc1)N1CCN(Cc2ccc3c(c2)OCO3)CC1. The number of aliphatic imine (C=N–C) groups is 1. The Balaban J connectivity index is 0.878. The third kappa shape index (κ3) is 8.52. The molecule has 3 heterocycles. The fraction of sp³-hybridized carbons (Fsp3) is 0.265. The van der Waals surface area contributed by atoms with Gasteiger partial charge in [0.2, 0.25) is 18.6 Å². The van der Waals surface area contributed by atoms with Gasteiger partial charge in [0.25, 0.3) is 0 Å². The van der Waals surface area contributed by atoms with Crippen LogP contribution in [0.25, 0.3) is 0 Å². The summed E-state index contributed by atoms with van der Waals surface area (Å²) in [7, 11) is 0. The van der Waals surface area contributed by atoms with Crippen molar-refractivity contribution in [3.05, 3.63) is 106 Å². The first-order valence-corrected chi connectivity index (χ1v) is 15.6. The molecule has 6 rings (SSSR count). The average Bonchev–Trinajstić information content (AvgIpc) is 3.53. The molecule has 0 aliphatic carbocycles. The molecule has 1 N–H and O–H groups in total. The number of pyridine rings is 1. The molecule has 1 fully saturated rings. The Morgan fingerprint density at radius 3 is 2.49 bits per heavy atom. The van der Waals surface area contributed by atoms with Crippen molar-refractivity contribution in [2.45, 2.75) is 19.5 Å². The molecule has 0 unspecified atom stereocenters. The molecule has 4 aromatic rings. The monoisotopic (exact) mass is 645 g/mol. The van der Waals surface area contributed by atoms with E-state index in [0.717, 1.165) is 55.3 Å². The van der Waals surface area contributed by atoms with Crippen LogP contribution in [0.15, 0.2) is 84.0 Å². The highest BCUT2D eigenvalue weighted by Crippen LogP contribution is 2.33. The molecule has 3 aromatic carbocycles. The van der Waals surface area contributed by atoms with E-state index in [4.69, 9.17) is 37.4 Å². The largest absolute Gasteiger partial charge is 0.454 e. The topological polar surface area (TPSA) is 88.5 Å². The Morgan fingerprint density at radius 1 is 0.911 bits per heavy atom. The van der Waals surface area contributed by atoms with Gasteiger partial charge < -0.3 is 24.4 Å². The number of nitrogens with one attached hydrogen (secondary N) is 1. The quantitative estimate of drug-likeness (QED) is 0.147. The number of halogens is 2. The van der Waals surface area contributed by atoms with Gasteiger partial charge in [0.1, 0.15) is 5.75 Å². The number of piperazine rings is 1. The van der Waals surface area contributed by atoms with Gasteiger partial charge in [-0.1, -0.05) is 47.5 Å². The van der Waals surface area contributed by atoms with Gasteiger partial charge in [-0.3, -0.25) is 14.7 Å². The minimum atomic E-state index is 0.188. The smallest absolute Gasteiger partial charge is 0.231 e. The van der Waals surface area contributed by atoms with Crippen molar-refractivity contribution in [3.8, 4) is 23.1 Å². The van der Waals surface area contributed by atoms with Crippen molar-refractivity contribution >= 4 is 41.0 Å². The molecular formula is C34H33Cl2N5O4. The Morgan fingerprint density at radius 2 is 1.71 bits per heavy atom. The van der Waals surface area contributed by atoms with Crippen LogP contribution < -0.4 is 19.5 Å². The zero-order chi connectivity index (χ0) is 31.0. The number of carbonyl (C=O) groups is 1. The second-order valence-electron chi connectivity index (χ2n) is 10.8. The molecule has 0 saturated carbocycles. The van der Waals surface area contributed by atoms with Gasteiger partial charge in [-0.15, -0.1) is 0 Å². The van der Waals surface area contributed by atoms with Crippen molar-refractivity contribution < 1.29 is 19.0 Å². The number of carbonyl (C=O) groups excluding carboxylic acids is 1. The van der Waals surface area contributed by atoms with Crippen molar-refractivity contribution in [3.63, 3.8) is 0 Å². The van der Waals surface area contributed by atoms with E-state index >= 15 is 0 Å². The highest BCUT2D eigenvalue weighted by Gasteiger charge is 2.21. The lowest BCUT2D eigenvalue weighted by Crippen LogP contribution is -2.48. The first kappa shape index (κ1) is 30.9. The number of rotatable bonds is 11. The number of ether oxygens (including phenoxy) is 3. The van der Waals surface area contributed by atoms with Crippen LogP contribution in [0.3, 0.4) is 0 Å². The number of hydrogen-bond acceptors (Lipinski definition) is 8. The standard InChI is InChI=1S/C34H33Cl2N5O4/c35-29-8-3-25(17-30(29)36)20-38-27-5-10-33(39-21-27)45-28-6-1-24(2-7-28)19-37-12-11-34(42)41-15-13-40(14-16-41)22-26-4-9-31-32(18-26)44-23-43-31/h1-10,17-18,20-21,37H,11-16,19,22-23H2. The first-order valence-electron chi connectivity index (χ1n) is 14.8. The number of aromatic nitrogens is 1. The summed E-state index contributed by atoms with van der Waals surface area (Å²) in [6, 6.07) is 22.8. The molecule has 1 saturated heterocycles. The Hall–Kier alpha value is -4.15. The molecule has 0 radical (unpaired) electrons. The van der Waals surface area contributed by atoms with Gasteiger partial charge in [0.05, 0.1) is 21.9 Å². The summed E-state index contributed by atoms with van der Waals surface area (Å²) >= 11 is 12.0. The zero-order valence-corrected chi connectivity index (χ0v) is 26.1. The molecule has 232 valence electrons. The van der Waals surface area contributed by atoms with E-state index in [1.54, 1.807) is 30.6 Å². The minimum absolute atomic E-state index is 0.188. The van der Waals surface area contributed by atoms with Gasteiger partial charge in [0.15, 0.2) is 11.5 Å². The second-order valence-corrected chi connectivity index (χ2v) is 11.6.